The minimum Gasteiger partial charge on any atom is -0.494 e. The molecule has 1 heterocycles. The van der Waals surface area contributed by atoms with Crippen molar-refractivity contribution in [2.45, 2.75) is 31.8 Å². The molecule has 5 heteroatoms. The zero-order valence-electron chi connectivity index (χ0n) is 17.4. The summed E-state index contributed by atoms with van der Waals surface area (Å²) in [5, 5.41) is 10.2. The number of hydrogen-bond acceptors (Lipinski definition) is 3. The van der Waals surface area contributed by atoms with E-state index in [0.717, 1.165) is 23.3 Å². The number of carbonyl (C=O) groups excluding carboxylic acids is 1. The second-order valence-electron chi connectivity index (χ2n) is 7.68. The lowest BCUT2D eigenvalue weighted by Gasteiger charge is -2.41. The second kappa shape index (κ2) is 9.04. The Labute approximate surface area is 181 Å². The summed E-state index contributed by atoms with van der Waals surface area (Å²) in [7, 11) is 0. The molecule has 5 nitrogen and oxygen atoms in total. The largest absolute Gasteiger partial charge is 0.494 e. The number of fused-ring (bicyclic) bond motifs is 1. The van der Waals surface area contributed by atoms with Crippen LogP contribution in [0.5, 0.6) is 5.75 Å². The van der Waals surface area contributed by atoms with Gasteiger partial charge in [0.25, 0.3) is 5.91 Å². The summed E-state index contributed by atoms with van der Waals surface area (Å²) >= 11 is 0. The van der Waals surface area contributed by atoms with Crippen molar-refractivity contribution in [1.29, 1.82) is 0 Å². The molecule has 0 saturated carbocycles. The van der Waals surface area contributed by atoms with Gasteiger partial charge in [0, 0.05) is 12.1 Å². The van der Waals surface area contributed by atoms with Crippen molar-refractivity contribution in [3.63, 3.8) is 0 Å². The SMILES string of the molecule is CCCOc1ccc([C@@H]2[C@@H](C(=O)O)c3ccccc3C(=O)N2Cc2ccccc2)cc1. The van der Waals surface area contributed by atoms with E-state index in [-0.39, 0.29) is 5.91 Å². The van der Waals surface area contributed by atoms with Crippen LogP contribution in [0.2, 0.25) is 0 Å². The molecule has 0 unspecified atom stereocenters. The first-order valence-corrected chi connectivity index (χ1v) is 10.5. The lowest BCUT2D eigenvalue weighted by molar-refractivity contribution is -0.140. The Morgan fingerprint density at radius 3 is 2.32 bits per heavy atom. The van der Waals surface area contributed by atoms with Crippen LogP contribution in [0.4, 0.5) is 0 Å². The molecule has 1 N–H and O–H groups in total. The maximum Gasteiger partial charge on any atom is 0.313 e. The van der Waals surface area contributed by atoms with Gasteiger partial charge in [-0.05, 0) is 41.3 Å². The van der Waals surface area contributed by atoms with E-state index in [1.807, 2.05) is 61.5 Å². The second-order valence-corrected chi connectivity index (χ2v) is 7.68. The van der Waals surface area contributed by atoms with Gasteiger partial charge in [0.1, 0.15) is 11.7 Å². The van der Waals surface area contributed by atoms with Crippen LogP contribution in [0.15, 0.2) is 78.9 Å². The number of rotatable bonds is 7. The number of hydrogen-bond donors (Lipinski definition) is 1. The van der Waals surface area contributed by atoms with Crippen LogP contribution >= 0.6 is 0 Å². The van der Waals surface area contributed by atoms with E-state index >= 15 is 0 Å². The molecule has 1 amide bonds. The molecular formula is C26H25NO4. The van der Waals surface area contributed by atoms with E-state index in [9.17, 15) is 14.7 Å². The summed E-state index contributed by atoms with van der Waals surface area (Å²) in [5.74, 6) is -1.24. The van der Waals surface area contributed by atoms with Crippen LogP contribution in [0.3, 0.4) is 0 Å². The van der Waals surface area contributed by atoms with Gasteiger partial charge in [0.05, 0.1) is 12.6 Å². The number of nitrogens with zero attached hydrogens (tertiary/aromatic N) is 1. The van der Waals surface area contributed by atoms with Gasteiger partial charge in [0.2, 0.25) is 0 Å². The fourth-order valence-electron chi connectivity index (χ4n) is 4.17. The molecule has 1 aliphatic heterocycles. The summed E-state index contributed by atoms with van der Waals surface area (Å²) in [6, 6.07) is 23.5. The number of amides is 1. The fourth-order valence-corrected chi connectivity index (χ4v) is 4.17. The highest BCUT2D eigenvalue weighted by Gasteiger charge is 2.44. The van der Waals surface area contributed by atoms with Crippen molar-refractivity contribution >= 4 is 11.9 Å². The standard InChI is InChI=1S/C26H25NO4/c1-2-16-31-20-14-12-19(13-15-20)24-23(26(29)30)21-10-6-7-11-22(21)25(28)27(24)17-18-8-4-3-5-9-18/h3-15,23-24H,2,16-17H2,1H3,(H,29,30)/t23-,24+/m0/s1. The average molecular weight is 415 g/mol. The smallest absolute Gasteiger partial charge is 0.313 e. The van der Waals surface area contributed by atoms with Gasteiger partial charge in [0.15, 0.2) is 0 Å². The molecule has 3 aromatic rings. The zero-order valence-corrected chi connectivity index (χ0v) is 17.4. The van der Waals surface area contributed by atoms with E-state index in [4.69, 9.17) is 4.74 Å². The monoisotopic (exact) mass is 415 g/mol. The highest BCUT2D eigenvalue weighted by atomic mass is 16.5. The molecular weight excluding hydrogens is 390 g/mol. The number of carbonyl (C=O) groups is 2. The predicted octanol–water partition coefficient (Wildman–Crippen LogP) is 5.04. The van der Waals surface area contributed by atoms with Crippen molar-refractivity contribution in [3.8, 4) is 5.75 Å². The van der Waals surface area contributed by atoms with Crippen LogP contribution in [0.25, 0.3) is 0 Å². The highest BCUT2D eigenvalue weighted by Crippen LogP contribution is 2.43. The van der Waals surface area contributed by atoms with Crippen LogP contribution < -0.4 is 4.74 Å². The molecule has 2 atom stereocenters. The van der Waals surface area contributed by atoms with E-state index in [0.29, 0.717) is 24.3 Å². The molecule has 0 bridgehead atoms. The Kier molecular flexibility index (Phi) is 6.03. The third-order valence-electron chi connectivity index (χ3n) is 5.59. The summed E-state index contributed by atoms with van der Waals surface area (Å²) in [4.78, 5) is 27.6. The van der Waals surface area contributed by atoms with Gasteiger partial charge in [-0.3, -0.25) is 9.59 Å². The lowest BCUT2D eigenvalue weighted by atomic mass is 9.79. The fraction of sp³-hybridized carbons (Fsp3) is 0.231. The molecule has 0 saturated heterocycles. The molecule has 0 radical (unpaired) electrons. The van der Waals surface area contributed by atoms with Gasteiger partial charge in [-0.2, -0.15) is 0 Å². The number of benzene rings is 3. The van der Waals surface area contributed by atoms with E-state index < -0.39 is 17.9 Å². The number of carboxylic acids is 1. The Morgan fingerprint density at radius 2 is 1.65 bits per heavy atom. The molecule has 0 fully saturated rings. The summed E-state index contributed by atoms with van der Waals surface area (Å²) in [6.07, 6.45) is 0.904. The number of ether oxygens (including phenoxy) is 1. The van der Waals surface area contributed by atoms with Crippen molar-refractivity contribution in [2.24, 2.45) is 0 Å². The topological polar surface area (TPSA) is 66.8 Å². The van der Waals surface area contributed by atoms with Gasteiger partial charge in [-0.1, -0.05) is 67.6 Å². The van der Waals surface area contributed by atoms with E-state index in [2.05, 4.69) is 0 Å². The normalized spacial score (nSPS) is 17.8. The molecule has 0 aliphatic carbocycles. The maximum atomic E-state index is 13.5. The Bertz CT molecular complexity index is 1060. The van der Waals surface area contributed by atoms with Crippen molar-refractivity contribution in [3.05, 3.63) is 101 Å². The van der Waals surface area contributed by atoms with Crippen LogP contribution in [0, 0.1) is 0 Å². The highest BCUT2D eigenvalue weighted by molar-refractivity contribution is 6.00. The quantitative estimate of drug-likeness (QED) is 0.587. The lowest BCUT2D eigenvalue weighted by Crippen LogP contribution is -2.44. The third kappa shape index (κ3) is 4.17. The Balaban J connectivity index is 1.80. The summed E-state index contributed by atoms with van der Waals surface area (Å²) in [5.41, 5.74) is 2.73. The van der Waals surface area contributed by atoms with Crippen LogP contribution in [-0.2, 0) is 11.3 Å². The molecule has 31 heavy (non-hydrogen) atoms. The summed E-state index contributed by atoms with van der Waals surface area (Å²) in [6.45, 7) is 2.99. The van der Waals surface area contributed by atoms with Gasteiger partial charge in [-0.15, -0.1) is 0 Å². The first-order valence-electron chi connectivity index (χ1n) is 10.5. The van der Waals surface area contributed by atoms with Gasteiger partial charge >= 0.3 is 5.97 Å². The number of aliphatic carboxylic acids is 1. The van der Waals surface area contributed by atoms with Crippen molar-refractivity contribution in [2.75, 3.05) is 6.61 Å². The Morgan fingerprint density at radius 1 is 0.968 bits per heavy atom. The van der Waals surface area contributed by atoms with Crippen LogP contribution in [-0.4, -0.2) is 28.5 Å². The minimum absolute atomic E-state index is 0.159. The van der Waals surface area contributed by atoms with Crippen molar-refractivity contribution < 1.29 is 19.4 Å². The molecule has 0 spiro atoms. The minimum atomic E-state index is -0.950. The maximum absolute atomic E-state index is 13.5. The van der Waals surface area contributed by atoms with Crippen molar-refractivity contribution in [1.82, 2.24) is 4.90 Å². The number of carboxylic acid groups (broad SMARTS) is 1. The molecule has 4 rings (SSSR count). The van der Waals surface area contributed by atoms with Gasteiger partial charge < -0.3 is 14.7 Å². The third-order valence-corrected chi connectivity index (χ3v) is 5.59. The zero-order chi connectivity index (χ0) is 21.8. The molecule has 1 aliphatic rings. The molecule has 0 aromatic heterocycles. The van der Waals surface area contributed by atoms with Gasteiger partial charge in [-0.25, -0.2) is 0 Å². The first kappa shape index (κ1) is 20.7. The Hall–Kier alpha value is -3.60. The molecule has 3 aromatic carbocycles. The van der Waals surface area contributed by atoms with Crippen LogP contribution in [0.1, 0.15) is 52.4 Å². The van der Waals surface area contributed by atoms with E-state index in [1.165, 1.54) is 0 Å². The predicted molar refractivity (Wildman–Crippen MR) is 118 cm³/mol. The van der Waals surface area contributed by atoms with E-state index in [1.54, 1.807) is 29.2 Å². The summed E-state index contributed by atoms with van der Waals surface area (Å²) < 4.78 is 5.67. The molecule has 158 valence electrons. The first-order chi connectivity index (χ1) is 15.1. The average Bonchev–Trinajstić information content (AvgIpc) is 2.80.